The summed E-state index contributed by atoms with van der Waals surface area (Å²) in [4.78, 5) is 31.2. The van der Waals surface area contributed by atoms with Crippen molar-refractivity contribution in [1.82, 2.24) is 15.3 Å². The maximum Gasteiger partial charge on any atom is 0.300 e. The van der Waals surface area contributed by atoms with Crippen molar-refractivity contribution in [3.8, 4) is 0 Å². The van der Waals surface area contributed by atoms with E-state index in [9.17, 15) is 4.79 Å². The van der Waals surface area contributed by atoms with E-state index in [0.717, 1.165) is 43.2 Å². The summed E-state index contributed by atoms with van der Waals surface area (Å²) < 4.78 is 0. The summed E-state index contributed by atoms with van der Waals surface area (Å²) in [5, 5.41) is 11.7. The van der Waals surface area contributed by atoms with Crippen molar-refractivity contribution < 1.29 is 14.7 Å². The van der Waals surface area contributed by atoms with Gasteiger partial charge in [-0.1, -0.05) is 39.0 Å². The highest BCUT2D eigenvalue weighted by Crippen LogP contribution is 2.25. The van der Waals surface area contributed by atoms with Crippen molar-refractivity contribution in [1.29, 1.82) is 0 Å². The summed E-state index contributed by atoms with van der Waals surface area (Å²) >= 11 is 0. The van der Waals surface area contributed by atoms with E-state index in [0.29, 0.717) is 18.0 Å². The quantitative estimate of drug-likeness (QED) is 0.774. The Morgan fingerprint density at radius 1 is 1.14 bits per heavy atom. The van der Waals surface area contributed by atoms with Crippen LogP contribution < -0.4 is 5.32 Å². The van der Waals surface area contributed by atoms with E-state index in [1.54, 1.807) is 0 Å². The summed E-state index contributed by atoms with van der Waals surface area (Å²) in [6, 6.07) is 7.84. The minimum atomic E-state index is -0.833. The number of ketones is 1. The number of fused-ring (bicyclic) bond motifs is 1. The number of carboxylic acid groups (broad SMARTS) is 1. The normalized spacial score (nSPS) is 15.0. The van der Waals surface area contributed by atoms with Crippen molar-refractivity contribution >= 4 is 22.7 Å². The van der Waals surface area contributed by atoms with Gasteiger partial charge in [-0.05, 0) is 44.3 Å². The van der Waals surface area contributed by atoms with Crippen LogP contribution in [-0.2, 0) is 10.2 Å². The lowest BCUT2D eigenvalue weighted by Gasteiger charge is -2.22. The smallest absolute Gasteiger partial charge is 0.300 e. The molecule has 0 amide bonds. The van der Waals surface area contributed by atoms with E-state index in [1.807, 2.05) is 24.3 Å². The van der Waals surface area contributed by atoms with Gasteiger partial charge < -0.3 is 10.4 Å². The number of piperidine rings is 1. The van der Waals surface area contributed by atoms with Gasteiger partial charge in [0.1, 0.15) is 11.5 Å². The molecule has 152 valence electrons. The Hall–Kier alpha value is -2.34. The molecule has 0 aliphatic carbocycles. The van der Waals surface area contributed by atoms with Crippen LogP contribution in [0, 0.1) is 5.92 Å². The molecule has 0 unspecified atom stereocenters. The Labute approximate surface area is 166 Å². The second-order valence-corrected chi connectivity index (χ2v) is 8.34. The van der Waals surface area contributed by atoms with Crippen LogP contribution in [0.5, 0.6) is 0 Å². The van der Waals surface area contributed by atoms with Crippen LogP contribution in [0.1, 0.15) is 69.7 Å². The Kier molecular flexibility index (Phi) is 7.63. The molecule has 6 heteroatoms. The Morgan fingerprint density at radius 2 is 1.75 bits per heavy atom. The second-order valence-electron chi connectivity index (χ2n) is 8.34. The van der Waals surface area contributed by atoms with Crippen LogP contribution in [0.2, 0.25) is 0 Å². The van der Waals surface area contributed by atoms with Crippen LogP contribution in [0.4, 0.5) is 0 Å². The molecule has 3 rings (SSSR count). The van der Waals surface area contributed by atoms with Crippen LogP contribution >= 0.6 is 0 Å². The summed E-state index contributed by atoms with van der Waals surface area (Å²) in [7, 11) is 0. The molecule has 2 heterocycles. The van der Waals surface area contributed by atoms with E-state index in [2.05, 4.69) is 36.1 Å². The fourth-order valence-electron chi connectivity index (χ4n) is 3.25. The number of carboxylic acids is 1. The van der Waals surface area contributed by atoms with E-state index < -0.39 is 5.97 Å². The minimum Gasteiger partial charge on any atom is -0.481 e. The minimum absolute atomic E-state index is 0.151. The standard InChI is InChI=1S/C20H27N3O.C2H4O2/c1-20(2,3)19-22-16-7-5-4-6-15(16)18(23-19)17(24)9-8-14-10-12-21-13-11-14;1-2(3)4/h4-7,14,21H,8-13H2,1-3H3;1H3,(H,3,4). The molecule has 28 heavy (non-hydrogen) atoms. The Balaban J connectivity index is 0.000000640. The fourth-order valence-corrected chi connectivity index (χ4v) is 3.25. The number of hydrogen-bond acceptors (Lipinski definition) is 5. The van der Waals surface area contributed by atoms with Crippen LogP contribution in [0.25, 0.3) is 10.9 Å². The number of rotatable bonds is 4. The highest BCUT2D eigenvalue weighted by molar-refractivity contribution is 6.05. The number of aromatic nitrogens is 2. The molecule has 0 bridgehead atoms. The van der Waals surface area contributed by atoms with Gasteiger partial charge in [-0.15, -0.1) is 0 Å². The summed E-state index contributed by atoms with van der Waals surface area (Å²) in [6.45, 7) is 9.48. The van der Waals surface area contributed by atoms with Gasteiger partial charge in [0.25, 0.3) is 5.97 Å². The van der Waals surface area contributed by atoms with Crippen LogP contribution in [0.3, 0.4) is 0 Å². The van der Waals surface area contributed by atoms with Crippen molar-refractivity contribution in [2.45, 2.75) is 58.8 Å². The maximum absolute atomic E-state index is 12.9. The first-order valence-corrected chi connectivity index (χ1v) is 9.89. The molecule has 0 radical (unpaired) electrons. The number of benzene rings is 1. The van der Waals surface area contributed by atoms with Gasteiger partial charge in [0, 0.05) is 24.1 Å². The van der Waals surface area contributed by atoms with Crippen molar-refractivity contribution in [3.05, 3.63) is 35.8 Å². The van der Waals surface area contributed by atoms with Gasteiger partial charge in [-0.3, -0.25) is 9.59 Å². The molecule has 1 aromatic heterocycles. The van der Waals surface area contributed by atoms with E-state index in [4.69, 9.17) is 9.90 Å². The van der Waals surface area contributed by atoms with Crippen LogP contribution in [-0.4, -0.2) is 39.9 Å². The monoisotopic (exact) mass is 385 g/mol. The summed E-state index contributed by atoms with van der Waals surface area (Å²) in [5.41, 5.74) is 1.29. The number of hydrogen-bond donors (Lipinski definition) is 2. The highest BCUT2D eigenvalue weighted by atomic mass is 16.4. The van der Waals surface area contributed by atoms with Gasteiger partial charge in [0.2, 0.25) is 0 Å². The zero-order valence-corrected chi connectivity index (χ0v) is 17.3. The first kappa shape index (κ1) is 22.0. The third kappa shape index (κ3) is 6.37. The van der Waals surface area contributed by atoms with E-state index >= 15 is 0 Å². The zero-order chi connectivity index (χ0) is 20.7. The first-order chi connectivity index (χ1) is 13.2. The Bertz CT molecular complexity index is 817. The Morgan fingerprint density at radius 3 is 2.36 bits per heavy atom. The first-order valence-electron chi connectivity index (χ1n) is 9.89. The predicted octanol–water partition coefficient (Wildman–Crippen LogP) is 3.98. The predicted molar refractivity (Wildman–Crippen MR) is 111 cm³/mol. The molecule has 6 nitrogen and oxygen atoms in total. The fraction of sp³-hybridized carbons (Fsp3) is 0.545. The average molecular weight is 386 g/mol. The molecule has 1 aliphatic rings. The molecule has 0 spiro atoms. The SMILES string of the molecule is CC(=O)O.CC(C)(C)c1nc(C(=O)CCC2CCNCC2)c2ccccc2n1. The van der Waals surface area contributed by atoms with Crippen molar-refractivity contribution in [3.63, 3.8) is 0 Å². The average Bonchev–Trinajstić information content (AvgIpc) is 2.65. The van der Waals surface area contributed by atoms with Crippen LogP contribution in [0.15, 0.2) is 24.3 Å². The lowest BCUT2D eigenvalue weighted by Crippen LogP contribution is -2.28. The number of Topliss-reactive ketones (excluding diaryl/α,β-unsaturated/α-hetero) is 1. The summed E-state index contributed by atoms with van der Waals surface area (Å²) in [5.74, 6) is 0.717. The molecule has 0 atom stereocenters. The molecular weight excluding hydrogens is 354 g/mol. The van der Waals surface area contributed by atoms with Gasteiger partial charge >= 0.3 is 0 Å². The van der Waals surface area contributed by atoms with Gasteiger partial charge in [0.05, 0.1) is 5.52 Å². The largest absolute Gasteiger partial charge is 0.481 e. The number of carbonyl (C=O) groups excluding carboxylic acids is 1. The number of aliphatic carboxylic acids is 1. The molecule has 0 saturated carbocycles. The third-order valence-electron chi connectivity index (χ3n) is 4.78. The van der Waals surface area contributed by atoms with Gasteiger partial charge in [-0.2, -0.15) is 0 Å². The second kappa shape index (κ2) is 9.73. The van der Waals surface area contributed by atoms with E-state index in [-0.39, 0.29) is 11.2 Å². The zero-order valence-electron chi connectivity index (χ0n) is 17.3. The molecule has 1 saturated heterocycles. The number of nitrogens with zero attached hydrogens (tertiary/aromatic N) is 2. The highest BCUT2D eigenvalue weighted by Gasteiger charge is 2.23. The topological polar surface area (TPSA) is 92.2 Å². The van der Waals surface area contributed by atoms with Crippen molar-refractivity contribution in [2.24, 2.45) is 5.92 Å². The molecule has 1 aliphatic heterocycles. The van der Waals surface area contributed by atoms with Gasteiger partial charge in [0.15, 0.2) is 5.78 Å². The number of nitrogens with one attached hydrogen (secondary N) is 1. The maximum atomic E-state index is 12.9. The molecule has 1 fully saturated rings. The summed E-state index contributed by atoms with van der Waals surface area (Å²) in [6.07, 6.45) is 3.88. The van der Waals surface area contributed by atoms with Gasteiger partial charge in [-0.25, -0.2) is 9.97 Å². The van der Waals surface area contributed by atoms with Crippen molar-refractivity contribution in [2.75, 3.05) is 13.1 Å². The lowest BCUT2D eigenvalue weighted by atomic mass is 9.91. The molecular formula is C22H31N3O3. The number of para-hydroxylation sites is 1. The molecule has 2 N–H and O–H groups in total. The van der Waals surface area contributed by atoms with E-state index in [1.165, 1.54) is 12.8 Å². The molecule has 2 aromatic rings. The molecule has 1 aromatic carbocycles. The lowest BCUT2D eigenvalue weighted by molar-refractivity contribution is -0.134. The number of carbonyl (C=O) groups is 2. The third-order valence-corrected chi connectivity index (χ3v) is 4.78.